The van der Waals surface area contributed by atoms with Crippen molar-refractivity contribution in [3.63, 3.8) is 0 Å². The Labute approximate surface area is 112 Å². The first-order valence-corrected chi connectivity index (χ1v) is 5.97. The van der Waals surface area contributed by atoms with Gasteiger partial charge in [-0.2, -0.15) is 0 Å². The molecule has 0 aromatic heterocycles. The molecule has 2 aromatic carbocycles. The van der Waals surface area contributed by atoms with Crippen LogP contribution in [0.1, 0.15) is 15.9 Å². The zero-order valence-electron chi connectivity index (χ0n) is 11.3. The third-order valence-electron chi connectivity index (χ3n) is 3.05. The monoisotopic (exact) mass is 256 g/mol. The van der Waals surface area contributed by atoms with Gasteiger partial charge in [-0.15, -0.1) is 0 Å². The first kappa shape index (κ1) is 13.1. The summed E-state index contributed by atoms with van der Waals surface area (Å²) in [6.07, 6.45) is 0.850. The maximum Gasteiger partial charge on any atom is 0.150 e. The second-order valence-corrected chi connectivity index (χ2v) is 4.29. The van der Waals surface area contributed by atoms with Crippen molar-refractivity contribution < 1.29 is 14.3 Å². The number of hydrogen-bond acceptors (Lipinski definition) is 3. The van der Waals surface area contributed by atoms with Gasteiger partial charge in [0.2, 0.25) is 0 Å². The van der Waals surface area contributed by atoms with Gasteiger partial charge in [0.15, 0.2) is 0 Å². The van der Waals surface area contributed by atoms with Crippen LogP contribution in [0.3, 0.4) is 0 Å². The minimum Gasteiger partial charge on any atom is -0.497 e. The highest BCUT2D eigenvalue weighted by Crippen LogP contribution is 2.31. The minimum atomic E-state index is 0.677. The Morgan fingerprint density at radius 3 is 2.05 bits per heavy atom. The molecule has 0 radical (unpaired) electrons. The van der Waals surface area contributed by atoms with E-state index in [1.165, 1.54) is 0 Å². The van der Waals surface area contributed by atoms with Crippen molar-refractivity contribution in [1.82, 2.24) is 0 Å². The van der Waals surface area contributed by atoms with Gasteiger partial charge in [0.25, 0.3) is 0 Å². The standard InChI is InChI=1S/C16H16O3/c1-11-6-12(10-17)4-5-16(11)13-7-14(18-2)9-15(8-13)19-3/h4-10H,1-3H3. The summed E-state index contributed by atoms with van der Waals surface area (Å²) in [5.41, 5.74) is 3.78. The fourth-order valence-electron chi connectivity index (χ4n) is 2.05. The number of rotatable bonds is 4. The van der Waals surface area contributed by atoms with E-state index in [4.69, 9.17) is 9.47 Å². The van der Waals surface area contributed by atoms with Gasteiger partial charge in [0, 0.05) is 11.6 Å². The third-order valence-corrected chi connectivity index (χ3v) is 3.05. The molecule has 0 saturated carbocycles. The average Bonchev–Trinajstić information content (AvgIpc) is 2.46. The highest BCUT2D eigenvalue weighted by molar-refractivity contribution is 5.79. The highest BCUT2D eigenvalue weighted by Gasteiger charge is 2.07. The predicted molar refractivity (Wildman–Crippen MR) is 75.1 cm³/mol. The van der Waals surface area contributed by atoms with E-state index in [1.807, 2.05) is 37.3 Å². The molecule has 3 nitrogen and oxygen atoms in total. The van der Waals surface area contributed by atoms with Crippen LogP contribution in [0.4, 0.5) is 0 Å². The SMILES string of the molecule is COc1cc(OC)cc(-c2ccc(C=O)cc2C)c1. The molecule has 19 heavy (non-hydrogen) atoms. The maximum absolute atomic E-state index is 10.8. The van der Waals surface area contributed by atoms with Crippen LogP contribution in [0.2, 0.25) is 0 Å². The molecule has 0 bridgehead atoms. The summed E-state index contributed by atoms with van der Waals surface area (Å²) in [6.45, 7) is 1.98. The number of carbonyl (C=O) groups excluding carboxylic acids is 1. The lowest BCUT2D eigenvalue weighted by Crippen LogP contribution is -1.91. The van der Waals surface area contributed by atoms with Crippen LogP contribution in [0, 0.1) is 6.92 Å². The lowest BCUT2D eigenvalue weighted by Gasteiger charge is -2.11. The Morgan fingerprint density at radius 1 is 0.947 bits per heavy atom. The first-order chi connectivity index (χ1) is 9.17. The summed E-state index contributed by atoms with van der Waals surface area (Å²) < 4.78 is 10.5. The summed E-state index contributed by atoms with van der Waals surface area (Å²) in [5.74, 6) is 1.49. The third kappa shape index (κ3) is 2.76. The zero-order chi connectivity index (χ0) is 13.8. The van der Waals surface area contributed by atoms with Gasteiger partial charge in [-0.3, -0.25) is 4.79 Å². The van der Waals surface area contributed by atoms with E-state index in [0.29, 0.717) is 5.56 Å². The van der Waals surface area contributed by atoms with E-state index in [0.717, 1.165) is 34.5 Å². The number of ether oxygens (including phenoxy) is 2. The lowest BCUT2D eigenvalue weighted by atomic mass is 9.98. The summed E-state index contributed by atoms with van der Waals surface area (Å²) >= 11 is 0. The van der Waals surface area contributed by atoms with Crippen LogP contribution >= 0.6 is 0 Å². The van der Waals surface area contributed by atoms with Crippen molar-refractivity contribution in [3.8, 4) is 22.6 Å². The van der Waals surface area contributed by atoms with E-state index < -0.39 is 0 Å². The van der Waals surface area contributed by atoms with E-state index in [2.05, 4.69) is 0 Å². The first-order valence-electron chi connectivity index (χ1n) is 5.97. The normalized spacial score (nSPS) is 10.1. The fraction of sp³-hybridized carbons (Fsp3) is 0.188. The number of hydrogen-bond donors (Lipinski definition) is 0. The van der Waals surface area contributed by atoms with Crippen molar-refractivity contribution in [3.05, 3.63) is 47.5 Å². The van der Waals surface area contributed by atoms with Gasteiger partial charge in [-0.05, 0) is 41.8 Å². The zero-order valence-corrected chi connectivity index (χ0v) is 11.3. The molecule has 0 atom stereocenters. The van der Waals surface area contributed by atoms with Crippen molar-refractivity contribution in [1.29, 1.82) is 0 Å². The minimum absolute atomic E-state index is 0.677. The smallest absolute Gasteiger partial charge is 0.150 e. The van der Waals surface area contributed by atoms with Crippen LogP contribution < -0.4 is 9.47 Å². The van der Waals surface area contributed by atoms with Gasteiger partial charge in [-0.25, -0.2) is 0 Å². The second kappa shape index (κ2) is 5.57. The lowest BCUT2D eigenvalue weighted by molar-refractivity contribution is 0.112. The average molecular weight is 256 g/mol. The number of aldehydes is 1. The van der Waals surface area contributed by atoms with Crippen LogP contribution in [-0.4, -0.2) is 20.5 Å². The molecular formula is C16H16O3. The number of carbonyl (C=O) groups is 1. The van der Waals surface area contributed by atoms with Crippen LogP contribution in [0.5, 0.6) is 11.5 Å². The molecule has 0 aliphatic heterocycles. The molecule has 0 saturated heterocycles. The van der Waals surface area contributed by atoms with Crippen LogP contribution in [0.25, 0.3) is 11.1 Å². The summed E-state index contributed by atoms with van der Waals surface area (Å²) in [5, 5.41) is 0. The van der Waals surface area contributed by atoms with Crippen LogP contribution in [0.15, 0.2) is 36.4 Å². The molecule has 0 N–H and O–H groups in total. The quantitative estimate of drug-likeness (QED) is 0.785. The van der Waals surface area contributed by atoms with E-state index >= 15 is 0 Å². The van der Waals surface area contributed by atoms with Gasteiger partial charge >= 0.3 is 0 Å². The summed E-state index contributed by atoms with van der Waals surface area (Å²) in [6, 6.07) is 11.3. The van der Waals surface area contributed by atoms with Gasteiger partial charge in [0.1, 0.15) is 17.8 Å². The molecule has 2 aromatic rings. The maximum atomic E-state index is 10.8. The van der Waals surface area contributed by atoms with Crippen LogP contribution in [-0.2, 0) is 0 Å². The topological polar surface area (TPSA) is 35.5 Å². The van der Waals surface area contributed by atoms with Gasteiger partial charge in [0.05, 0.1) is 14.2 Å². The van der Waals surface area contributed by atoms with E-state index in [9.17, 15) is 4.79 Å². The Hall–Kier alpha value is -2.29. The number of benzene rings is 2. The second-order valence-electron chi connectivity index (χ2n) is 4.29. The van der Waals surface area contributed by atoms with E-state index in [1.54, 1.807) is 20.3 Å². The largest absolute Gasteiger partial charge is 0.497 e. The van der Waals surface area contributed by atoms with E-state index in [-0.39, 0.29) is 0 Å². The molecule has 0 aliphatic carbocycles. The predicted octanol–water partition coefficient (Wildman–Crippen LogP) is 3.49. The molecule has 0 amide bonds. The van der Waals surface area contributed by atoms with Crippen molar-refractivity contribution >= 4 is 6.29 Å². The molecule has 0 aliphatic rings. The highest BCUT2D eigenvalue weighted by atomic mass is 16.5. The Bertz CT molecular complexity index is 581. The number of methoxy groups -OCH3 is 2. The molecule has 0 spiro atoms. The summed E-state index contributed by atoms with van der Waals surface area (Å²) in [7, 11) is 3.25. The van der Waals surface area contributed by atoms with Gasteiger partial charge < -0.3 is 9.47 Å². The van der Waals surface area contributed by atoms with Crippen molar-refractivity contribution in [2.45, 2.75) is 6.92 Å². The number of aryl methyl sites for hydroxylation is 1. The van der Waals surface area contributed by atoms with Crippen molar-refractivity contribution in [2.24, 2.45) is 0 Å². The molecular weight excluding hydrogens is 240 g/mol. The molecule has 3 heteroatoms. The molecule has 98 valence electrons. The molecule has 2 rings (SSSR count). The van der Waals surface area contributed by atoms with Gasteiger partial charge in [-0.1, -0.05) is 12.1 Å². The fourth-order valence-corrected chi connectivity index (χ4v) is 2.05. The molecule has 0 fully saturated rings. The Kier molecular flexibility index (Phi) is 3.85. The summed E-state index contributed by atoms with van der Waals surface area (Å²) in [4.78, 5) is 10.8. The molecule has 0 unspecified atom stereocenters. The molecule has 0 heterocycles. The Balaban J connectivity index is 2.54. The van der Waals surface area contributed by atoms with Crippen molar-refractivity contribution in [2.75, 3.05) is 14.2 Å². The Morgan fingerprint density at radius 2 is 1.58 bits per heavy atom.